The molecule has 2 fully saturated rings. The van der Waals surface area contributed by atoms with E-state index < -0.39 is 10.0 Å². The molecule has 2 heterocycles. The summed E-state index contributed by atoms with van der Waals surface area (Å²) in [5.74, 6) is -0.0607. The highest BCUT2D eigenvalue weighted by molar-refractivity contribution is 7.89. The van der Waals surface area contributed by atoms with Gasteiger partial charge in [-0.05, 0) is 67.6 Å². The molecule has 1 N–H and O–H groups in total. The number of sulfonamides is 1. The van der Waals surface area contributed by atoms with Crippen LogP contribution in [0.2, 0.25) is 0 Å². The van der Waals surface area contributed by atoms with Gasteiger partial charge in [-0.15, -0.1) is 0 Å². The van der Waals surface area contributed by atoms with Crippen LogP contribution in [0.3, 0.4) is 0 Å². The van der Waals surface area contributed by atoms with Crippen LogP contribution in [0, 0.1) is 0 Å². The molecule has 2 saturated heterocycles. The van der Waals surface area contributed by atoms with Gasteiger partial charge in [-0.25, -0.2) is 8.42 Å². The summed E-state index contributed by atoms with van der Waals surface area (Å²) in [7, 11) is -3.44. The topological polar surface area (TPSA) is 69.7 Å². The highest BCUT2D eigenvalue weighted by Gasteiger charge is 2.25. The van der Waals surface area contributed by atoms with E-state index in [9.17, 15) is 13.2 Å². The summed E-state index contributed by atoms with van der Waals surface area (Å²) >= 11 is 0. The Morgan fingerprint density at radius 2 is 1.39 bits per heavy atom. The monoisotopic (exact) mass is 469 g/mol. The summed E-state index contributed by atoms with van der Waals surface area (Å²) in [5, 5.41) is 3.04. The molecule has 0 aliphatic carbocycles. The maximum absolute atomic E-state index is 12.8. The van der Waals surface area contributed by atoms with Gasteiger partial charge in [-0.3, -0.25) is 9.69 Å². The standard InChI is InChI=1S/C26H35N3O3S/c30-26(27-20-23-9-3-4-10-24(23)21-28-15-5-1-6-16-28)19-22-11-13-25(14-12-22)33(31,32)29-17-7-2-8-18-29/h3-4,9-14H,1-2,5-8,15-21H2,(H,27,30). The first kappa shape index (κ1) is 23.9. The van der Waals surface area contributed by atoms with Crippen LogP contribution in [0.15, 0.2) is 53.4 Å². The van der Waals surface area contributed by atoms with E-state index in [1.807, 2.05) is 6.07 Å². The quantitative estimate of drug-likeness (QED) is 0.640. The highest BCUT2D eigenvalue weighted by Crippen LogP contribution is 2.21. The summed E-state index contributed by atoms with van der Waals surface area (Å²) in [6.07, 6.45) is 6.99. The fourth-order valence-corrected chi connectivity index (χ4v) is 6.23. The van der Waals surface area contributed by atoms with E-state index in [-0.39, 0.29) is 12.3 Å². The largest absolute Gasteiger partial charge is 0.352 e. The normalized spacial score (nSPS) is 18.2. The molecule has 7 heteroatoms. The molecular weight excluding hydrogens is 434 g/mol. The molecule has 4 rings (SSSR count). The van der Waals surface area contributed by atoms with Crippen molar-refractivity contribution in [1.82, 2.24) is 14.5 Å². The first-order valence-electron chi connectivity index (χ1n) is 12.2. The Balaban J connectivity index is 1.31. The van der Waals surface area contributed by atoms with Crippen LogP contribution in [0.25, 0.3) is 0 Å². The molecule has 0 spiro atoms. The van der Waals surface area contributed by atoms with Gasteiger partial charge in [0.15, 0.2) is 0 Å². The molecule has 2 aliphatic heterocycles. The van der Waals surface area contributed by atoms with Gasteiger partial charge in [-0.1, -0.05) is 49.2 Å². The van der Waals surface area contributed by atoms with E-state index in [4.69, 9.17) is 0 Å². The molecule has 0 unspecified atom stereocenters. The van der Waals surface area contributed by atoms with Crippen molar-refractivity contribution in [2.24, 2.45) is 0 Å². The number of hydrogen-bond donors (Lipinski definition) is 1. The fraction of sp³-hybridized carbons (Fsp3) is 0.500. The molecule has 0 saturated carbocycles. The van der Waals surface area contributed by atoms with Crippen molar-refractivity contribution in [3.05, 3.63) is 65.2 Å². The number of carbonyl (C=O) groups is 1. The number of piperidine rings is 2. The molecule has 2 aromatic carbocycles. The SMILES string of the molecule is O=C(Cc1ccc(S(=O)(=O)N2CCCCC2)cc1)NCc1ccccc1CN1CCCCC1. The minimum absolute atomic E-state index is 0.0607. The molecule has 33 heavy (non-hydrogen) atoms. The predicted molar refractivity (Wildman–Crippen MR) is 130 cm³/mol. The lowest BCUT2D eigenvalue weighted by molar-refractivity contribution is -0.120. The van der Waals surface area contributed by atoms with Crippen molar-refractivity contribution < 1.29 is 13.2 Å². The van der Waals surface area contributed by atoms with Crippen molar-refractivity contribution in [3.8, 4) is 0 Å². The van der Waals surface area contributed by atoms with Gasteiger partial charge >= 0.3 is 0 Å². The smallest absolute Gasteiger partial charge is 0.243 e. The summed E-state index contributed by atoms with van der Waals surface area (Å²) < 4.78 is 27.2. The van der Waals surface area contributed by atoms with Crippen LogP contribution in [0.1, 0.15) is 55.2 Å². The number of benzene rings is 2. The van der Waals surface area contributed by atoms with Crippen LogP contribution in [0.5, 0.6) is 0 Å². The van der Waals surface area contributed by atoms with E-state index in [0.29, 0.717) is 24.5 Å². The van der Waals surface area contributed by atoms with Crippen LogP contribution >= 0.6 is 0 Å². The Morgan fingerprint density at radius 3 is 2.06 bits per heavy atom. The first-order chi connectivity index (χ1) is 16.0. The van der Waals surface area contributed by atoms with Gasteiger partial charge in [-0.2, -0.15) is 4.31 Å². The molecule has 0 aromatic heterocycles. The molecule has 0 radical (unpaired) electrons. The number of rotatable bonds is 8. The van der Waals surface area contributed by atoms with Gasteiger partial charge in [0.05, 0.1) is 11.3 Å². The average Bonchev–Trinajstić information content (AvgIpc) is 2.85. The van der Waals surface area contributed by atoms with Crippen molar-refractivity contribution in [2.75, 3.05) is 26.2 Å². The number of amides is 1. The van der Waals surface area contributed by atoms with Crippen molar-refractivity contribution >= 4 is 15.9 Å². The minimum Gasteiger partial charge on any atom is -0.352 e. The van der Waals surface area contributed by atoms with Gasteiger partial charge in [0.2, 0.25) is 15.9 Å². The van der Waals surface area contributed by atoms with Gasteiger partial charge in [0, 0.05) is 26.2 Å². The molecule has 0 atom stereocenters. The average molecular weight is 470 g/mol. The molecule has 0 bridgehead atoms. The van der Waals surface area contributed by atoms with E-state index in [0.717, 1.165) is 50.0 Å². The maximum Gasteiger partial charge on any atom is 0.243 e. The van der Waals surface area contributed by atoms with Crippen LogP contribution in [0.4, 0.5) is 0 Å². The first-order valence-corrected chi connectivity index (χ1v) is 13.6. The zero-order valence-corrected chi connectivity index (χ0v) is 20.2. The van der Waals surface area contributed by atoms with Gasteiger partial charge < -0.3 is 5.32 Å². The second kappa shape index (κ2) is 11.3. The zero-order valence-electron chi connectivity index (χ0n) is 19.3. The Bertz CT molecular complexity index is 1030. The second-order valence-electron chi connectivity index (χ2n) is 9.17. The highest BCUT2D eigenvalue weighted by atomic mass is 32.2. The fourth-order valence-electron chi connectivity index (χ4n) is 4.72. The Morgan fingerprint density at radius 1 is 0.788 bits per heavy atom. The minimum atomic E-state index is -3.44. The molecule has 2 aromatic rings. The van der Waals surface area contributed by atoms with Crippen molar-refractivity contribution in [2.45, 2.75) is 62.9 Å². The van der Waals surface area contributed by atoms with Gasteiger partial charge in [0.1, 0.15) is 0 Å². The van der Waals surface area contributed by atoms with Crippen LogP contribution < -0.4 is 5.32 Å². The Labute approximate surface area is 198 Å². The molecule has 178 valence electrons. The second-order valence-corrected chi connectivity index (χ2v) is 11.1. The molecule has 6 nitrogen and oxygen atoms in total. The third-order valence-corrected chi connectivity index (χ3v) is 8.59. The number of nitrogens with zero attached hydrogens (tertiary/aromatic N) is 2. The van der Waals surface area contributed by atoms with Crippen LogP contribution in [-0.4, -0.2) is 49.7 Å². The molecule has 2 aliphatic rings. The van der Waals surface area contributed by atoms with Crippen LogP contribution in [-0.2, 0) is 34.3 Å². The van der Waals surface area contributed by atoms with Crippen molar-refractivity contribution in [3.63, 3.8) is 0 Å². The van der Waals surface area contributed by atoms with Crippen molar-refractivity contribution in [1.29, 1.82) is 0 Å². The van der Waals surface area contributed by atoms with E-state index in [1.54, 1.807) is 28.6 Å². The van der Waals surface area contributed by atoms with E-state index in [1.165, 1.54) is 24.8 Å². The number of nitrogens with one attached hydrogen (secondary N) is 1. The lowest BCUT2D eigenvalue weighted by Gasteiger charge is -2.27. The summed E-state index contributed by atoms with van der Waals surface area (Å²) in [4.78, 5) is 15.4. The lowest BCUT2D eigenvalue weighted by Crippen LogP contribution is -2.35. The third-order valence-electron chi connectivity index (χ3n) is 6.68. The molecular formula is C26H35N3O3S. The zero-order chi connectivity index (χ0) is 23.1. The molecule has 1 amide bonds. The van der Waals surface area contributed by atoms with Gasteiger partial charge in [0.25, 0.3) is 0 Å². The maximum atomic E-state index is 12.8. The summed E-state index contributed by atoms with van der Waals surface area (Å²) in [5.41, 5.74) is 3.23. The summed E-state index contributed by atoms with van der Waals surface area (Å²) in [6.45, 7) is 4.90. The number of likely N-dealkylation sites (tertiary alicyclic amines) is 1. The Hall–Kier alpha value is -2.22. The van der Waals surface area contributed by atoms with E-state index >= 15 is 0 Å². The third kappa shape index (κ3) is 6.43. The lowest BCUT2D eigenvalue weighted by atomic mass is 10.0. The Kier molecular flexibility index (Phi) is 8.17. The summed E-state index contributed by atoms with van der Waals surface area (Å²) in [6, 6.07) is 15.1. The number of hydrogen-bond acceptors (Lipinski definition) is 4. The predicted octanol–water partition coefficient (Wildman–Crippen LogP) is 3.71. The van der Waals surface area contributed by atoms with E-state index in [2.05, 4.69) is 28.4 Å². The number of carbonyl (C=O) groups excluding carboxylic acids is 1.